The summed E-state index contributed by atoms with van der Waals surface area (Å²) in [5.41, 5.74) is 0.862. The molecule has 0 fully saturated rings. The fraction of sp³-hybridized carbons (Fsp3) is 0.656. The first kappa shape index (κ1) is 44.4. The van der Waals surface area contributed by atoms with Crippen LogP contribution in [0, 0.1) is 0 Å². The standard InChI is InChI=1S/C32H51N5O10.Tc/c38-27(34-20-12-10-15-25(30(43)44)35-32(47)36-26(31(45)46)17-18-28(39)40)16-8-6-4-2-1-3-5-7-13-21-37(23-29(41)42)22-24-14-9-11-19-33-24;/h9,11,14,19,25-26H,1-8,10,12-13,15-18,20-23H2,(H,34,38)(H,39,40)(H,41,42)(H,43,44)(H,45,46)(H2,35,36,47);/t25-,26-;/m0./s1. The van der Waals surface area contributed by atoms with Crippen LogP contribution in [0.15, 0.2) is 24.4 Å². The Morgan fingerprint density at radius 2 is 1.27 bits per heavy atom. The molecule has 0 aliphatic rings. The summed E-state index contributed by atoms with van der Waals surface area (Å²) in [5, 5.41) is 43.5. The number of carbonyl (C=O) groups is 6. The Hall–Kier alpha value is -3.62. The van der Waals surface area contributed by atoms with Crippen LogP contribution in [0.3, 0.4) is 0 Å². The Balaban J connectivity index is 0.0000221. The summed E-state index contributed by atoms with van der Waals surface area (Å²) in [6, 6.07) is 1.88. The van der Waals surface area contributed by atoms with Crippen molar-refractivity contribution >= 4 is 35.8 Å². The average Bonchev–Trinajstić information content (AvgIpc) is 3.00. The quantitative estimate of drug-likeness (QED) is 0.0610. The van der Waals surface area contributed by atoms with Crippen molar-refractivity contribution in [2.24, 2.45) is 0 Å². The molecule has 1 aromatic rings. The molecule has 0 bridgehead atoms. The molecular formula is C32H51N5O10Tc. The van der Waals surface area contributed by atoms with Crippen molar-refractivity contribution in [2.75, 3.05) is 19.6 Å². The number of amides is 3. The number of nitrogens with one attached hydrogen (secondary N) is 3. The van der Waals surface area contributed by atoms with Gasteiger partial charge in [-0.05, 0) is 57.2 Å². The van der Waals surface area contributed by atoms with Crippen LogP contribution in [0.5, 0.6) is 0 Å². The molecule has 0 saturated heterocycles. The van der Waals surface area contributed by atoms with Gasteiger partial charge in [0, 0.05) is 52.2 Å². The van der Waals surface area contributed by atoms with E-state index in [0.29, 0.717) is 32.4 Å². The van der Waals surface area contributed by atoms with Gasteiger partial charge in [0.25, 0.3) is 0 Å². The molecular weight excluding hydrogens is 712 g/mol. The van der Waals surface area contributed by atoms with Crippen LogP contribution in [0.4, 0.5) is 4.79 Å². The molecule has 7 N–H and O–H groups in total. The molecule has 0 aromatic carbocycles. The number of aromatic nitrogens is 1. The van der Waals surface area contributed by atoms with Crippen molar-refractivity contribution in [2.45, 2.75) is 115 Å². The maximum absolute atomic E-state index is 12.1. The van der Waals surface area contributed by atoms with Crippen molar-refractivity contribution in [1.82, 2.24) is 25.8 Å². The number of urea groups is 1. The van der Waals surface area contributed by atoms with Gasteiger partial charge in [0.05, 0.1) is 12.2 Å². The summed E-state index contributed by atoms with van der Waals surface area (Å²) < 4.78 is 0. The maximum atomic E-state index is 12.1. The largest absolute Gasteiger partial charge is 0.481 e. The van der Waals surface area contributed by atoms with Gasteiger partial charge >= 0.3 is 29.9 Å². The van der Waals surface area contributed by atoms with Crippen LogP contribution < -0.4 is 16.0 Å². The molecule has 0 spiro atoms. The first-order valence-electron chi connectivity index (χ1n) is 16.3. The Bertz CT molecular complexity index is 1110. The van der Waals surface area contributed by atoms with Gasteiger partial charge in [0.15, 0.2) is 0 Å². The Kier molecular flexibility index (Phi) is 25.3. The number of pyridine rings is 1. The average molecular weight is 764 g/mol. The fourth-order valence-electron chi connectivity index (χ4n) is 4.91. The number of aliphatic carboxylic acids is 4. The predicted octanol–water partition coefficient (Wildman–Crippen LogP) is 3.22. The molecule has 1 rings (SSSR count). The van der Waals surface area contributed by atoms with Crippen molar-refractivity contribution in [3.05, 3.63) is 30.1 Å². The van der Waals surface area contributed by atoms with Crippen molar-refractivity contribution in [1.29, 1.82) is 0 Å². The number of carboxylic acids is 4. The Morgan fingerprint density at radius 3 is 1.81 bits per heavy atom. The molecule has 2 atom stereocenters. The third-order valence-electron chi connectivity index (χ3n) is 7.44. The minimum atomic E-state index is -1.47. The van der Waals surface area contributed by atoms with E-state index in [4.69, 9.17) is 10.2 Å². The third kappa shape index (κ3) is 23.7. The second-order valence-electron chi connectivity index (χ2n) is 11.5. The molecule has 1 aromatic heterocycles. The molecule has 15 nitrogen and oxygen atoms in total. The number of carboxylic acid groups (broad SMARTS) is 4. The van der Waals surface area contributed by atoms with Gasteiger partial charge in [0.2, 0.25) is 5.91 Å². The first-order chi connectivity index (χ1) is 22.5. The van der Waals surface area contributed by atoms with Crippen molar-refractivity contribution < 1.29 is 69.3 Å². The first-order valence-corrected chi connectivity index (χ1v) is 16.3. The molecule has 1 radical (unpaired) electrons. The molecule has 0 aliphatic heterocycles. The number of unbranched alkanes of at least 4 members (excludes halogenated alkanes) is 9. The van der Waals surface area contributed by atoms with E-state index in [-0.39, 0.29) is 45.4 Å². The Labute approximate surface area is 295 Å². The zero-order valence-corrected chi connectivity index (χ0v) is 29.3. The van der Waals surface area contributed by atoms with E-state index in [2.05, 4.69) is 20.9 Å². The number of carbonyl (C=O) groups excluding carboxylic acids is 2. The van der Waals surface area contributed by atoms with Gasteiger partial charge in [-0.2, -0.15) is 0 Å². The fourth-order valence-corrected chi connectivity index (χ4v) is 4.91. The minimum Gasteiger partial charge on any atom is -0.481 e. The summed E-state index contributed by atoms with van der Waals surface area (Å²) in [7, 11) is 0. The molecule has 0 unspecified atom stereocenters. The second kappa shape index (κ2) is 27.3. The number of rotatable bonds is 28. The van der Waals surface area contributed by atoms with Crippen LogP contribution in [0.1, 0.15) is 102 Å². The number of nitrogens with zero attached hydrogens (tertiary/aromatic N) is 2. The van der Waals surface area contributed by atoms with Gasteiger partial charge in [-0.3, -0.25) is 24.3 Å². The monoisotopic (exact) mass is 762 g/mol. The summed E-state index contributed by atoms with van der Waals surface area (Å²) in [4.78, 5) is 74.9. The molecule has 271 valence electrons. The van der Waals surface area contributed by atoms with Crippen molar-refractivity contribution in [3.8, 4) is 0 Å². The number of hydrogen-bond donors (Lipinski definition) is 7. The smallest absolute Gasteiger partial charge is 0.326 e. The summed E-state index contributed by atoms with van der Waals surface area (Å²) in [6.45, 7) is 1.61. The van der Waals surface area contributed by atoms with E-state index in [1.165, 1.54) is 0 Å². The van der Waals surface area contributed by atoms with E-state index in [9.17, 15) is 39.0 Å². The van der Waals surface area contributed by atoms with Crippen LogP contribution in [-0.4, -0.2) is 97.8 Å². The summed E-state index contributed by atoms with van der Waals surface area (Å²) in [5.74, 6) is -4.85. The van der Waals surface area contributed by atoms with E-state index >= 15 is 0 Å². The van der Waals surface area contributed by atoms with Crippen LogP contribution in [0.2, 0.25) is 0 Å². The van der Waals surface area contributed by atoms with E-state index in [1.807, 2.05) is 23.1 Å². The maximum Gasteiger partial charge on any atom is 0.326 e. The topological polar surface area (TPSA) is 236 Å². The molecule has 0 aliphatic carbocycles. The minimum absolute atomic E-state index is 0. The van der Waals surface area contributed by atoms with Gasteiger partial charge in [-0.25, -0.2) is 14.4 Å². The Morgan fingerprint density at radius 1 is 0.688 bits per heavy atom. The van der Waals surface area contributed by atoms with E-state index in [1.54, 1.807) is 6.20 Å². The zero-order valence-electron chi connectivity index (χ0n) is 27.4. The zero-order chi connectivity index (χ0) is 34.9. The van der Waals surface area contributed by atoms with Gasteiger partial charge in [-0.15, -0.1) is 0 Å². The predicted molar refractivity (Wildman–Crippen MR) is 172 cm³/mol. The van der Waals surface area contributed by atoms with Gasteiger partial charge < -0.3 is 36.4 Å². The van der Waals surface area contributed by atoms with Crippen molar-refractivity contribution in [3.63, 3.8) is 0 Å². The number of hydrogen-bond acceptors (Lipinski definition) is 8. The molecule has 0 saturated carbocycles. The van der Waals surface area contributed by atoms with Gasteiger partial charge in [-0.1, -0.05) is 51.0 Å². The molecule has 3 amide bonds. The molecule has 48 heavy (non-hydrogen) atoms. The molecule has 16 heteroatoms. The van der Waals surface area contributed by atoms with Crippen LogP contribution in [0.25, 0.3) is 0 Å². The summed E-state index contributed by atoms with van der Waals surface area (Å²) in [6.07, 6.45) is 11.5. The van der Waals surface area contributed by atoms with Crippen LogP contribution >= 0.6 is 0 Å². The van der Waals surface area contributed by atoms with E-state index < -0.39 is 48.4 Å². The normalized spacial score (nSPS) is 11.9. The molecule has 1 heterocycles. The van der Waals surface area contributed by atoms with Gasteiger partial charge in [0.1, 0.15) is 12.1 Å². The van der Waals surface area contributed by atoms with Crippen LogP contribution in [-0.2, 0) is 50.6 Å². The van der Waals surface area contributed by atoms with E-state index in [0.717, 1.165) is 70.0 Å². The third-order valence-corrected chi connectivity index (χ3v) is 7.44. The second-order valence-corrected chi connectivity index (χ2v) is 11.5. The summed E-state index contributed by atoms with van der Waals surface area (Å²) >= 11 is 0. The SMILES string of the molecule is O=C(O)CC[C@H](NC(=O)N[C@@H](CCCCNC(=O)CCCCCCCCCCCN(CC(=O)O)Cc1ccccn1)C(=O)O)C(=O)O.[Tc].